The van der Waals surface area contributed by atoms with Crippen LogP contribution in [0.2, 0.25) is 0 Å². The van der Waals surface area contributed by atoms with Gasteiger partial charge in [-0.3, -0.25) is 9.59 Å². The topological polar surface area (TPSA) is 53.2 Å². The lowest BCUT2D eigenvalue weighted by Gasteiger charge is -2.28. The van der Waals surface area contributed by atoms with Crippen molar-refractivity contribution in [2.24, 2.45) is 5.92 Å². The minimum absolute atomic E-state index is 0.0832. The maximum absolute atomic E-state index is 13.8. The smallest absolute Gasteiger partial charge is 0.200 e. The van der Waals surface area contributed by atoms with Gasteiger partial charge < -0.3 is 9.88 Å². The van der Waals surface area contributed by atoms with E-state index in [0.29, 0.717) is 18.6 Å². The molecule has 1 aliphatic heterocycles. The number of ketones is 2. The summed E-state index contributed by atoms with van der Waals surface area (Å²) < 4.78 is 40.8. The molecule has 0 unspecified atom stereocenters. The third kappa shape index (κ3) is 3.72. The van der Waals surface area contributed by atoms with Crippen molar-refractivity contribution in [2.75, 3.05) is 20.1 Å². The molecule has 0 spiro atoms. The fourth-order valence-electron chi connectivity index (χ4n) is 3.20. The Morgan fingerprint density at radius 2 is 1.81 bits per heavy atom. The highest BCUT2D eigenvalue weighted by Crippen LogP contribution is 2.23. The fraction of sp³-hybridized carbons (Fsp3) is 0.368. The van der Waals surface area contributed by atoms with Crippen molar-refractivity contribution in [3.8, 4) is 0 Å². The molecule has 1 N–H and O–H groups in total. The first-order valence-electron chi connectivity index (χ1n) is 8.45. The van der Waals surface area contributed by atoms with Crippen LogP contribution in [0.15, 0.2) is 24.4 Å². The second kappa shape index (κ2) is 7.45. The van der Waals surface area contributed by atoms with Crippen molar-refractivity contribution in [3.05, 3.63) is 58.7 Å². The van der Waals surface area contributed by atoms with E-state index >= 15 is 0 Å². The SMILES string of the molecule is CN1CCC(CC(=O)c2cc(C(=O)c3c(F)ccc(F)c3F)c[nH]2)CC1. The second-order valence-electron chi connectivity index (χ2n) is 6.72. The number of nitrogens with zero attached hydrogens (tertiary/aromatic N) is 1. The Kier molecular flexibility index (Phi) is 5.27. The van der Waals surface area contributed by atoms with Gasteiger partial charge in [-0.15, -0.1) is 0 Å². The lowest BCUT2D eigenvalue weighted by atomic mass is 9.91. The predicted octanol–water partition coefficient (Wildman–Crippen LogP) is 3.58. The third-order valence-corrected chi connectivity index (χ3v) is 4.83. The molecule has 0 saturated carbocycles. The van der Waals surface area contributed by atoms with E-state index in [1.165, 1.54) is 12.3 Å². The number of carbonyl (C=O) groups is 2. The zero-order valence-corrected chi connectivity index (χ0v) is 14.3. The van der Waals surface area contributed by atoms with Gasteiger partial charge in [0.1, 0.15) is 5.82 Å². The Morgan fingerprint density at radius 1 is 1.15 bits per heavy atom. The van der Waals surface area contributed by atoms with E-state index in [2.05, 4.69) is 9.88 Å². The van der Waals surface area contributed by atoms with Crippen LogP contribution in [-0.2, 0) is 0 Å². The normalized spacial score (nSPS) is 16.0. The quantitative estimate of drug-likeness (QED) is 0.652. The third-order valence-electron chi connectivity index (χ3n) is 4.83. The molecule has 0 atom stereocenters. The van der Waals surface area contributed by atoms with Crippen molar-refractivity contribution >= 4 is 11.6 Å². The zero-order chi connectivity index (χ0) is 18.8. The number of H-pyrrole nitrogens is 1. The van der Waals surface area contributed by atoms with Gasteiger partial charge in [-0.1, -0.05) is 0 Å². The molecular weight excluding hydrogens is 345 g/mol. The van der Waals surface area contributed by atoms with Crippen molar-refractivity contribution in [2.45, 2.75) is 19.3 Å². The van der Waals surface area contributed by atoms with Gasteiger partial charge in [0, 0.05) is 18.2 Å². The highest BCUT2D eigenvalue weighted by atomic mass is 19.2. The highest BCUT2D eigenvalue weighted by molar-refractivity contribution is 6.10. The van der Waals surface area contributed by atoms with Crippen molar-refractivity contribution in [1.82, 2.24) is 9.88 Å². The molecule has 1 aromatic heterocycles. The molecule has 0 amide bonds. The molecule has 0 aliphatic carbocycles. The number of aromatic amines is 1. The van der Waals surface area contributed by atoms with Crippen LogP contribution in [0.25, 0.3) is 0 Å². The van der Waals surface area contributed by atoms with Gasteiger partial charge in [0.05, 0.1) is 11.3 Å². The number of hydrogen-bond donors (Lipinski definition) is 1. The van der Waals surface area contributed by atoms with E-state index in [9.17, 15) is 22.8 Å². The summed E-state index contributed by atoms with van der Waals surface area (Å²) in [5.74, 6) is -4.86. The van der Waals surface area contributed by atoms with Crippen LogP contribution in [0.5, 0.6) is 0 Å². The number of likely N-dealkylation sites (tertiary alicyclic amines) is 1. The molecule has 138 valence electrons. The number of nitrogens with one attached hydrogen (secondary N) is 1. The van der Waals surface area contributed by atoms with Gasteiger partial charge in [-0.25, -0.2) is 13.2 Å². The average molecular weight is 364 g/mol. The lowest BCUT2D eigenvalue weighted by Crippen LogP contribution is -2.31. The van der Waals surface area contributed by atoms with Gasteiger partial charge in [-0.2, -0.15) is 0 Å². The molecule has 1 saturated heterocycles. The van der Waals surface area contributed by atoms with E-state index in [-0.39, 0.29) is 23.0 Å². The monoisotopic (exact) mass is 364 g/mol. The molecule has 2 heterocycles. The van der Waals surface area contributed by atoms with Crippen LogP contribution in [0.4, 0.5) is 13.2 Å². The molecule has 2 aromatic rings. The molecule has 3 rings (SSSR count). The number of aromatic nitrogens is 1. The van der Waals surface area contributed by atoms with Gasteiger partial charge in [0.25, 0.3) is 0 Å². The maximum Gasteiger partial charge on any atom is 0.200 e. The van der Waals surface area contributed by atoms with E-state index in [4.69, 9.17) is 0 Å². The van der Waals surface area contributed by atoms with Crippen LogP contribution in [0, 0.1) is 23.4 Å². The summed E-state index contributed by atoms with van der Waals surface area (Å²) in [6.07, 6.45) is 3.42. The molecule has 0 bridgehead atoms. The predicted molar refractivity (Wildman–Crippen MR) is 89.7 cm³/mol. The number of halogens is 3. The molecule has 26 heavy (non-hydrogen) atoms. The van der Waals surface area contributed by atoms with E-state index in [1.807, 2.05) is 7.05 Å². The minimum atomic E-state index is -1.53. The molecule has 1 aliphatic rings. The maximum atomic E-state index is 13.8. The number of benzene rings is 1. The van der Waals surface area contributed by atoms with Crippen LogP contribution < -0.4 is 0 Å². The Bertz CT molecular complexity index is 839. The summed E-state index contributed by atoms with van der Waals surface area (Å²) in [6, 6.07) is 2.59. The Labute approximate surface area is 149 Å². The molecule has 1 fully saturated rings. The summed E-state index contributed by atoms with van der Waals surface area (Å²) in [5.41, 5.74) is -0.831. The highest BCUT2D eigenvalue weighted by Gasteiger charge is 2.25. The van der Waals surface area contributed by atoms with Gasteiger partial charge in [0.15, 0.2) is 17.4 Å². The number of Topliss-reactive ketones (excluding diaryl/α,β-unsaturated/α-hetero) is 1. The summed E-state index contributed by atoms with van der Waals surface area (Å²) in [5, 5.41) is 0. The first kappa shape index (κ1) is 18.4. The Balaban J connectivity index is 1.74. The van der Waals surface area contributed by atoms with Gasteiger partial charge >= 0.3 is 0 Å². The van der Waals surface area contributed by atoms with Crippen molar-refractivity contribution in [3.63, 3.8) is 0 Å². The standard InChI is InChI=1S/C19H19F3N2O2/c1-24-6-4-11(5-7-24)8-16(25)15-9-12(10-23-15)19(26)17-13(20)2-3-14(21)18(17)22/h2-3,9-11,23H,4-8H2,1H3. The van der Waals surface area contributed by atoms with Crippen molar-refractivity contribution in [1.29, 1.82) is 0 Å². The largest absolute Gasteiger partial charge is 0.358 e. The molecule has 4 nitrogen and oxygen atoms in total. The number of rotatable bonds is 5. The first-order chi connectivity index (χ1) is 12.4. The molecule has 7 heteroatoms. The van der Waals surface area contributed by atoms with Crippen LogP contribution in [0.3, 0.4) is 0 Å². The number of carbonyl (C=O) groups excluding carboxylic acids is 2. The zero-order valence-electron chi connectivity index (χ0n) is 14.3. The van der Waals surface area contributed by atoms with Crippen LogP contribution in [-0.4, -0.2) is 41.6 Å². The van der Waals surface area contributed by atoms with E-state index in [0.717, 1.165) is 25.9 Å². The fourth-order valence-corrected chi connectivity index (χ4v) is 3.20. The summed E-state index contributed by atoms with van der Waals surface area (Å²) in [6.45, 7) is 1.87. The first-order valence-corrected chi connectivity index (χ1v) is 8.45. The molecule has 0 radical (unpaired) electrons. The van der Waals surface area contributed by atoms with Crippen molar-refractivity contribution < 1.29 is 22.8 Å². The lowest BCUT2D eigenvalue weighted by molar-refractivity contribution is 0.0931. The van der Waals surface area contributed by atoms with Gasteiger partial charge in [-0.05, 0) is 57.1 Å². The number of hydrogen-bond acceptors (Lipinski definition) is 3. The van der Waals surface area contributed by atoms with Crippen LogP contribution >= 0.6 is 0 Å². The molecular formula is C19H19F3N2O2. The second-order valence-corrected chi connectivity index (χ2v) is 6.72. The Morgan fingerprint density at radius 3 is 2.50 bits per heavy atom. The van der Waals surface area contributed by atoms with E-state index in [1.54, 1.807) is 0 Å². The van der Waals surface area contributed by atoms with Gasteiger partial charge in [0.2, 0.25) is 5.78 Å². The number of piperidine rings is 1. The summed E-state index contributed by atoms with van der Waals surface area (Å²) >= 11 is 0. The molecule has 1 aromatic carbocycles. The minimum Gasteiger partial charge on any atom is -0.358 e. The summed E-state index contributed by atoms with van der Waals surface area (Å²) in [7, 11) is 2.03. The summed E-state index contributed by atoms with van der Waals surface area (Å²) in [4.78, 5) is 29.6. The van der Waals surface area contributed by atoms with Crippen LogP contribution in [0.1, 0.15) is 45.7 Å². The average Bonchev–Trinajstić information content (AvgIpc) is 3.11. The Hall–Kier alpha value is -2.41. The van der Waals surface area contributed by atoms with E-state index < -0.39 is 28.8 Å².